The van der Waals surface area contributed by atoms with Gasteiger partial charge < -0.3 is 10.4 Å². The van der Waals surface area contributed by atoms with Gasteiger partial charge in [-0.3, -0.25) is 14.5 Å². The molecule has 2 N–H and O–H groups in total. The molecule has 2 heterocycles. The van der Waals surface area contributed by atoms with Gasteiger partial charge in [0.05, 0.1) is 5.92 Å². The summed E-state index contributed by atoms with van der Waals surface area (Å²) in [5.74, 6) is -1.12. The van der Waals surface area contributed by atoms with Gasteiger partial charge in [0.15, 0.2) is 5.13 Å². The van der Waals surface area contributed by atoms with Crippen molar-refractivity contribution in [2.45, 2.75) is 26.3 Å². The van der Waals surface area contributed by atoms with E-state index in [-0.39, 0.29) is 11.8 Å². The summed E-state index contributed by atoms with van der Waals surface area (Å²) in [4.78, 5) is 29.2. The van der Waals surface area contributed by atoms with Gasteiger partial charge in [0.2, 0.25) is 5.91 Å². The number of nitrogens with zero attached hydrogens (tertiary/aromatic N) is 2. The zero-order valence-corrected chi connectivity index (χ0v) is 11.6. The minimum absolute atomic E-state index is 0.134. The molecule has 1 unspecified atom stereocenters. The normalized spacial score (nSPS) is 20.2. The average molecular weight is 283 g/mol. The Morgan fingerprint density at radius 2 is 2.42 bits per heavy atom. The third kappa shape index (κ3) is 4.00. The van der Waals surface area contributed by atoms with Crippen LogP contribution in [0, 0.1) is 5.92 Å². The summed E-state index contributed by atoms with van der Waals surface area (Å²) in [5.41, 5.74) is 0. The highest BCUT2D eigenvalue weighted by Gasteiger charge is 2.25. The molecule has 0 aliphatic carbocycles. The van der Waals surface area contributed by atoms with Crippen LogP contribution in [0.15, 0.2) is 6.20 Å². The van der Waals surface area contributed by atoms with E-state index in [9.17, 15) is 9.59 Å². The van der Waals surface area contributed by atoms with Crippen LogP contribution in [0.5, 0.6) is 0 Å². The molecule has 1 aromatic rings. The number of carboxylic acid groups (broad SMARTS) is 1. The molecular weight excluding hydrogens is 266 g/mol. The molecular formula is C12H17N3O3S. The smallest absolute Gasteiger partial charge is 0.307 e. The number of carbonyl (C=O) groups excluding carboxylic acids is 1. The summed E-state index contributed by atoms with van der Waals surface area (Å²) in [7, 11) is 0. The Balaban J connectivity index is 1.91. The number of carboxylic acids is 1. The average Bonchev–Trinajstić information content (AvgIpc) is 2.76. The molecule has 7 heteroatoms. The number of thiazole rings is 1. The molecule has 1 saturated heterocycles. The highest BCUT2D eigenvalue weighted by atomic mass is 32.1. The third-order valence-electron chi connectivity index (χ3n) is 3.07. The standard InChI is InChI=1S/C12H17N3O3S/c1-8(16)14-12-13-5-10(19-12)7-15-4-2-3-9(6-15)11(17)18/h5,9H,2-4,6-7H2,1H3,(H,17,18)(H,13,14,16). The molecule has 0 bridgehead atoms. The third-order valence-corrected chi connectivity index (χ3v) is 3.97. The van der Waals surface area contributed by atoms with Crippen molar-refractivity contribution < 1.29 is 14.7 Å². The Kier molecular flexibility index (Phi) is 4.49. The summed E-state index contributed by atoms with van der Waals surface area (Å²) >= 11 is 1.43. The number of amides is 1. The summed E-state index contributed by atoms with van der Waals surface area (Å²) in [6.45, 7) is 3.64. The van der Waals surface area contributed by atoms with Crippen LogP contribution < -0.4 is 5.32 Å². The molecule has 1 aliphatic heterocycles. The van der Waals surface area contributed by atoms with Crippen LogP contribution in [0.2, 0.25) is 0 Å². The van der Waals surface area contributed by atoms with Gasteiger partial charge in [-0.25, -0.2) is 4.98 Å². The lowest BCUT2D eigenvalue weighted by Gasteiger charge is -2.29. The van der Waals surface area contributed by atoms with E-state index in [4.69, 9.17) is 5.11 Å². The highest BCUT2D eigenvalue weighted by Crippen LogP contribution is 2.23. The van der Waals surface area contributed by atoms with Crippen molar-refractivity contribution in [3.63, 3.8) is 0 Å². The first-order valence-electron chi connectivity index (χ1n) is 6.22. The van der Waals surface area contributed by atoms with Gasteiger partial charge in [0.25, 0.3) is 0 Å². The van der Waals surface area contributed by atoms with Crippen molar-refractivity contribution in [2.75, 3.05) is 18.4 Å². The first-order chi connectivity index (χ1) is 9.04. The van der Waals surface area contributed by atoms with Crippen LogP contribution >= 0.6 is 11.3 Å². The quantitative estimate of drug-likeness (QED) is 0.872. The lowest BCUT2D eigenvalue weighted by atomic mass is 9.98. The Morgan fingerprint density at radius 3 is 3.11 bits per heavy atom. The van der Waals surface area contributed by atoms with Crippen molar-refractivity contribution in [3.05, 3.63) is 11.1 Å². The number of aromatic nitrogens is 1. The maximum absolute atomic E-state index is 11.0. The molecule has 6 nitrogen and oxygen atoms in total. The van der Waals surface area contributed by atoms with E-state index in [2.05, 4.69) is 15.2 Å². The van der Waals surface area contributed by atoms with Crippen LogP contribution in [0.3, 0.4) is 0 Å². The fourth-order valence-electron chi connectivity index (χ4n) is 2.21. The van der Waals surface area contributed by atoms with Crippen LogP contribution in [-0.2, 0) is 16.1 Å². The molecule has 1 aromatic heterocycles. The SMILES string of the molecule is CC(=O)Nc1ncc(CN2CCCC(C(=O)O)C2)s1. The molecule has 0 saturated carbocycles. The zero-order chi connectivity index (χ0) is 13.8. The lowest BCUT2D eigenvalue weighted by molar-refractivity contribution is -0.143. The van der Waals surface area contributed by atoms with E-state index in [1.807, 2.05) is 0 Å². The number of hydrogen-bond donors (Lipinski definition) is 2. The first kappa shape index (κ1) is 14.0. The summed E-state index contributed by atoms with van der Waals surface area (Å²) in [5, 5.41) is 12.3. The molecule has 104 valence electrons. The predicted octanol–water partition coefficient (Wildman–Crippen LogP) is 1.40. The van der Waals surface area contributed by atoms with E-state index in [1.165, 1.54) is 18.3 Å². The number of nitrogens with one attached hydrogen (secondary N) is 1. The predicted molar refractivity (Wildman–Crippen MR) is 72.1 cm³/mol. The second kappa shape index (κ2) is 6.12. The van der Waals surface area contributed by atoms with E-state index in [1.54, 1.807) is 6.20 Å². The van der Waals surface area contributed by atoms with Crippen LogP contribution in [-0.4, -0.2) is 40.0 Å². The Bertz CT molecular complexity index is 475. The van der Waals surface area contributed by atoms with Gasteiger partial charge in [-0.2, -0.15) is 0 Å². The van der Waals surface area contributed by atoms with Gasteiger partial charge >= 0.3 is 5.97 Å². The summed E-state index contributed by atoms with van der Waals surface area (Å²) in [6, 6.07) is 0. The maximum Gasteiger partial charge on any atom is 0.307 e. The van der Waals surface area contributed by atoms with Crippen molar-refractivity contribution in [1.82, 2.24) is 9.88 Å². The Morgan fingerprint density at radius 1 is 1.63 bits per heavy atom. The molecule has 1 atom stereocenters. The van der Waals surface area contributed by atoms with Gasteiger partial charge in [-0.1, -0.05) is 0 Å². The van der Waals surface area contributed by atoms with Crippen LogP contribution in [0.1, 0.15) is 24.6 Å². The number of likely N-dealkylation sites (tertiary alicyclic amines) is 1. The van der Waals surface area contributed by atoms with Crippen LogP contribution in [0.4, 0.5) is 5.13 Å². The van der Waals surface area contributed by atoms with E-state index in [0.717, 1.165) is 24.3 Å². The Hall–Kier alpha value is -1.47. The number of carbonyl (C=O) groups is 2. The van der Waals surface area contributed by atoms with Crippen molar-refractivity contribution in [2.24, 2.45) is 5.92 Å². The van der Waals surface area contributed by atoms with E-state index < -0.39 is 5.97 Å². The monoisotopic (exact) mass is 283 g/mol. The Labute approximate surface area is 115 Å². The van der Waals surface area contributed by atoms with Crippen LogP contribution in [0.25, 0.3) is 0 Å². The molecule has 1 fully saturated rings. The minimum Gasteiger partial charge on any atom is -0.481 e. The van der Waals surface area contributed by atoms with Gasteiger partial charge in [0.1, 0.15) is 0 Å². The largest absolute Gasteiger partial charge is 0.481 e. The fourth-order valence-corrected chi connectivity index (χ4v) is 3.11. The molecule has 1 amide bonds. The van der Waals surface area contributed by atoms with Crippen molar-refractivity contribution in [1.29, 1.82) is 0 Å². The number of piperidine rings is 1. The topological polar surface area (TPSA) is 82.5 Å². The molecule has 0 radical (unpaired) electrons. The van der Waals surface area contributed by atoms with Gasteiger partial charge in [-0.15, -0.1) is 11.3 Å². The maximum atomic E-state index is 11.0. The number of hydrogen-bond acceptors (Lipinski definition) is 5. The molecule has 0 aromatic carbocycles. The van der Waals surface area contributed by atoms with Gasteiger partial charge in [-0.05, 0) is 19.4 Å². The number of anilines is 1. The minimum atomic E-state index is -0.715. The second-order valence-corrected chi connectivity index (χ2v) is 5.84. The summed E-state index contributed by atoms with van der Waals surface area (Å²) in [6.07, 6.45) is 3.40. The molecule has 2 rings (SSSR count). The second-order valence-electron chi connectivity index (χ2n) is 4.73. The van der Waals surface area contributed by atoms with Crippen molar-refractivity contribution in [3.8, 4) is 0 Å². The molecule has 1 aliphatic rings. The molecule has 19 heavy (non-hydrogen) atoms. The first-order valence-corrected chi connectivity index (χ1v) is 7.03. The molecule has 0 spiro atoms. The lowest BCUT2D eigenvalue weighted by Crippen LogP contribution is -2.37. The number of rotatable bonds is 4. The summed E-state index contributed by atoms with van der Waals surface area (Å²) < 4.78 is 0. The fraction of sp³-hybridized carbons (Fsp3) is 0.583. The van der Waals surface area contributed by atoms with Crippen molar-refractivity contribution >= 4 is 28.3 Å². The highest BCUT2D eigenvalue weighted by molar-refractivity contribution is 7.15. The zero-order valence-electron chi connectivity index (χ0n) is 10.8. The van der Waals surface area contributed by atoms with Gasteiger partial charge in [0, 0.05) is 31.1 Å². The van der Waals surface area contributed by atoms with E-state index in [0.29, 0.717) is 18.2 Å². The van der Waals surface area contributed by atoms with E-state index >= 15 is 0 Å². The number of aliphatic carboxylic acids is 1.